The fraction of sp³-hybridized carbons (Fsp3) is 0.108. The summed E-state index contributed by atoms with van der Waals surface area (Å²) in [5.41, 5.74) is 7.01. The molecule has 5 aromatic carbocycles. The second-order valence-corrected chi connectivity index (χ2v) is 10.4. The van der Waals surface area contributed by atoms with Gasteiger partial charge in [0.1, 0.15) is 0 Å². The molecule has 2 nitrogen and oxygen atoms in total. The summed E-state index contributed by atoms with van der Waals surface area (Å²) in [6.07, 6.45) is 1.90. The van der Waals surface area contributed by atoms with Gasteiger partial charge in [0.2, 0.25) is 0 Å². The molecule has 3 heteroatoms. The average Bonchev–Trinajstić information content (AvgIpc) is 3.56. The zero-order valence-corrected chi connectivity index (χ0v) is 24.2. The smallest absolute Gasteiger partial charge is 0.0963 e. The second-order valence-electron chi connectivity index (χ2n) is 9.28. The number of nitrogens with zero attached hydrogens (tertiary/aromatic N) is 2. The molecule has 0 N–H and O–H groups in total. The molecule has 0 radical (unpaired) electrons. The van der Waals surface area contributed by atoms with Crippen molar-refractivity contribution in [3.8, 4) is 16.8 Å². The van der Waals surface area contributed by atoms with Crippen LogP contribution in [0.1, 0.15) is 27.7 Å². The van der Waals surface area contributed by atoms with E-state index in [0.717, 1.165) is 16.7 Å². The van der Waals surface area contributed by atoms with Crippen molar-refractivity contribution >= 4 is 64.2 Å². The number of aromatic nitrogens is 2. The van der Waals surface area contributed by atoms with Crippen molar-refractivity contribution < 1.29 is 0 Å². The number of rotatable bonds is 2. The maximum atomic E-state index is 4.82. The van der Waals surface area contributed by atoms with Crippen LogP contribution in [0.25, 0.3) is 69.7 Å². The van der Waals surface area contributed by atoms with Gasteiger partial charge >= 0.3 is 0 Å². The van der Waals surface area contributed by atoms with Crippen LogP contribution in [0, 0.1) is 0 Å². The van der Waals surface area contributed by atoms with Crippen LogP contribution in [0.5, 0.6) is 0 Å². The molecule has 3 aromatic heterocycles. The molecule has 8 rings (SSSR count). The lowest BCUT2D eigenvalue weighted by atomic mass is 10.0. The Labute approximate surface area is 239 Å². The molecular weight excluding hydrogens is 504 g/mol. The van der Waals surface area contributed by atoms with Gasteiger partial charge in [0.05, 0.1) is 16.6 Å². The predicted octanol–water partition coefficient (Wildman–Crippen LogP) is 11.4. The van der Waals surface area contributed by atoms with Gasteiger partial charge in [0, 0.05) is 37.4 Å². The van der Waals surface area contributed by atoms with Crippen molar-refractivity contribution in [2.45, 2.75) is 27.7 Å². The first-order valence-corrected chi connectivity index (χ1v) is 15.0. The largest absolute Gasteiger partial charge is 0.308 e. The summed E-state index contributed by atoms with van der Waals surface area (Å²) in [6, 6.07) is 41.6. The topological polar surface area (TPSA) is 17.8 Å². The molecule has 0 fully saturated rings. The van der Waals surface area contributed by atoms with E-state index in [9.17, 15) is 0 Å². The summed E-state index contributed by atoms with van der Waals surface area (Å²) in [5, 5.41) is 6.29. The SMILES string of the molecule is CC.CC.c1ccc(-c2ccc3cc(-n4c5cc6sc7ccccc7c6cc5c5ncccc54)ccc3c2)cc1. The first-order chi connectivity index (χ1) is 19.8. The summed E-state index contributed by atoms with van der Waals surface area (Å²) in [6.45, 7) is 8.00. The lowest BCUT2D eigenvalue weighted by Gasteiger charge is -2.10. The molecule has 0 saturated carbocycles. The third-order valence-corrected chi connectivity index (χ3v) is 8.34. The molecule has 0 saturated heterocycles. The molecule has 40 heavy (non-hydrogen) atoms. The fourth-order valence-electron chi connectivity index (χ4n) is 5.51. The predicted molar refractivity (Wildman–Crippen MR) is 177 cm³/mol. The molecule has 0 unspecified atom stereocenters. The van der Waals surface area contributed by atoms with Gasteiger partial charge in [-0.15, -0.1) is 11.3 Å². The minimum atomic E-state index is 1.05. The molecule has 0 amide bonds. The lowest BCUT2D eigenvalue weighted by molar-refractivity contribution is 1.18. The Kier molecular flexibility index (Phi) is 7.06. The van der Waals surface area contributed by atoms with Crippen LogP contribution in [0.3, 0.4) is 0 Å². The number of pyridine rings is 1. The maximum Gasteiger partial charge on any atom is 0.0963 e. The van der Waals surface area contributed by atoms with E-state index in [2.05, 4.69) is 114 Å². The highest BCUT2D eigenvalue weighted by atomic mass is 32.1. The van der Waals surface area contributed by atoms with Crippen molar-refractivity contribution in [1.82, 2.24) is 9.55 Å². The van der Waals surface area contributed by atoms with E-state index < -0.39 is 0 Å². The minimum absolute atomic E-state index is 1.05. The van der Waals surface area contributed by atoms with Gasteiger partial charge in [-0.25, -0.2) is 0 Å². The van der Waals surface area contributed by atoms with Crippen LogP contribution >= 0.6 is 11.3 Å². The number of hydrogen-bond acceptors (Lipinski definition) is 2. The molecule has 0 atom stereocenters. The van der Waals surface area contributed by atoms with Gasteiger partial charge in [0.25, 0.3) is 0 Å². The lowest BCUT2D eigenvalue weighted by Crippen LogP contribution is -1.94. The number of hydrogen-bond donors (Lipinski definition) is 0. The van der Waals surface area contributed by atoms with E-state index in [1.54, 1.807) is 0 Å². The van der Waals surface area contributed by atoms with E-state index in [1.165, 1.54) is 53.0 Å². The zero-order valence-electron chi connectivity index (χ0n) is 23.3. The molecule has 0 aliphatic heterocycles. The molecular formula is C37H32N2S. The molecule has 3 heterocycles. The third kappa shape index (κ3) is 4.24. The first kappa shape index (κ1) is 25.8. The van der Waals surface area contributed by atoms with Crippen molar-refractivity contribution in [2.75, 3.05) is 0 Å². The van der Waals surface area contributed by atoms with Gasteiger partial charge in [-0.2, -0.15) is 0 Å². The summed E-state index contributed by atoms with van der Waals surface area (Å²) >= 11 is 1.86. The number of thiophene rings is 1. The maximum absolute atomic E-state index is 4.82. The quantitative estimate of drug-likeness (QED) is 0.215. The summed E-state index contributed by atoms with van der Waals surface area (Å²) in [5.74, 6) is 0. The van der Waals surface area contributed by atoms with Crippen LogP contribution in [0.2, 0.25) is 0 Å². The molecule has 0 aliphatic rings. The van der Waals surface area contributed by atoms with Gasteiger partial charge in [0.15, 0.2) is 0 Å². The second kappa shape index (κ2) is 11.0. The van der Waals surface area contributed by atoms with Crippen molar-refractivity contribution in [1.29, 1.82) is 0 Å². The summed E-state index contributed by atoms with van der Waals surface area (Å²) in [4.78, 5) is 4.82. The Hall–Kier alpha value is -4.47. The monoisotopic (exact) mass is 536 g/mol. The van der Waals surface area contributed by atoms with Crippen molar-refractivity contribution in [2.24, 2.45) is 0 Å². The highest BCUT2D eigenvalue weighted by molar-refractivity contribution is 7.25. The molecule has 0 aliphatic carbocycles. The number of fused-ring (bicyclic) bond motifs is 7. The van der Waals surface area contributed by atoms with Gasteiger partial charge in [-0.05, 0) is 70.4 Å². The van der Waals surface area contributed by atoms with Gasteiger partial charge in [-0.3, -0.25) is 4.98 Å². The summed E-state index contributed by atoms with van der Waals surface area (Å²) < 4.78 is 5.00. The van der Waals surface area contributed by atoms with Crippen LogP contribution in [-0.2, 0) is 0 Å². The number of benzene rings is 5. The van der Waals surface area contributed by atoms with E-state index in [1.807, 2.05) is 51.3 Å². The molecule has 0 bridgehead atoms. The van der Waals surface area contributed by atoms with Gasteiger partial charge < -0.3 is 4.57 Å². The van der Waals surface area contributed by atoms with Crippen LogP contribution < -0.4 is 0 Å². The zero-order chi connectivity index (χ0) is 27.6. The fourth-order valence-corrected chi connectivity index (χ4v) is 6.63. The minimum Gasteiger partial charge on any atom is -0.308 e. The third-order valence-electron chi connectivity index (χ3n) is 7.21. The normalized spacial score (nSPS) is 11.0. The molecule has 0 spiro atoms. The first-order valence-electron chi connectivity index (χ1n) is 14.1. The van der Waals surface area contributed by atoms with Crippen LogP contribution in [0.4, 0.5) is 0 Å². The van der Waals surface area contributed by atoms with Crippen molar-refractivity contribution in [3.05, 3.63) is 121 Å². The highest BCUT2D eigenvalue weighted by Gasteiger charge is 2.16. The van der Waals surface area contributed by atoms with Crippen LogP contribution in [-0.4, -0.2) is 9.55 Å². The van der Waals surface area contributed by atoms with E-state index >= 15 is 0 Å². The molecule has 196 valence electrons. The average molecular weight is 537 g/mol. The Bertz CT molecular complexity index is 2100. The Morgan fingerprint density at radius 2 is 1.27 bits per heavy atom. The highest BCUT2D eigenvalue weighted by Crippen LogP contribution is 2.40. The van der Waals surface area contributed by atoms with E-state index in [4.69, 9.17) is 4.98 Å². The Morgan fingerprint density at radius 3 is 2.12 bits per heavy atom. The Morgan fingerprint density at radius 1 is 0.525 bits per heavy atom. The van der Waals surface area contributed by atoms with Gasteiger partial charge in [-0.1, -0.05) is 94.4 Å². The Balaban J connectivity index is 0.000000694. The summed E-state index contributed by atoms with van der Waals surface area (Å²) in [7, 11) is 0. The van der Waals surface area contributed by atoms with E-state index in [0.29, 0.717) is 0 Å². The van der Waals surface area contributed by atoms with Crippen LogP contribution in [0.15, 0.2) is 121 Å². The standard InChI is InChI=1S/C33H20N2S.2C2H6/c1-2-7-21(8-3-1)22-12-13-24-18-25(15-14-23(24)17-22)35-29-10-6-16-34-33(29)28-19-27-26-9-4-5-11-31(26)36-32(27)20-30(28)35;2*1-2/h1-20H;2*1-2H3. The molecule has 8 aromatic rings. The van der Waals surface area contributed by atoms with E-state index in [-0.39, 0.29) is 0 Å². The van der Waals surface area contributed by atoms with Crippen molar-refractivity contribution in [3.63, 3.8) is 0 Å².